The summed E-state index contributed by atoms with van der Waals surface area (Å²) >= 11 is 0. The van der Waals surface area contributed by atoms with Crippen molar-refractivity contribution in [2.24, 2.45) is 17.6 Å². The fourth-order valence-corrected chi connectivity index (χ4v) is 2.99. The molecule has 2 fully saturated rings. The van der Waals surface area contributed by atoms with Gasteiger partial charge in [-0.25, -0.2) is 0 Å². The molecule has 0 heterocycles. The van der Waals surface area contributed by atoms with Crippen LogP contribution in [0.15, 0.2) is 0 Å². The first-order valence-corrected chi connectivity index (χ1v) is 5.13. The summed E-state index contributed by atoms with van der Waals surface area (Å²) < 4.78 is 0. The summed E-state index contributed by atoms with van der Waals surface area (Å²) in [5, 5.41) is 0. The van der Waals surface area contributed by atoms with Crippen LogP contribution in [0.2, 0.25) is 0 Å². The zero-order valence-electron chi connectivity index (χ0n) is 7.67. The second kappa shape index (κ2) is 4.48. The molecular formula is C10H20ClN. The van der Waals surface area contributed by atoms with Gasteiger partial charge in [-0.3, -0.25) is 0 Å². The van der Waals surface area contributed by atoms with E-state index in [1.54, 1.807) is 0 Å². The first-order valence-electron chi connectivity index (χ1n) is 5.13. The third-order valence-electron chi connectivity index (χ3n) is 3.63. The Hall–Kier alpha value is 0.250. The minimum absolute atomic E-state index is 0. The largest absolute Gasteiger partial charge is 0.327 e. The lowest BCUT2D eigenvalue weighted by Gasteiger charge is -2.21. The van der Waals surface area contributed by atoms with Crippen molar-refractivity contribution >= 4 is 12.4 Å². The summed E-state index contributed by atoms with van der Waals surface area (Å²) in [5.41, 5.74) is 6.06. The van der Waals surface area contributed by atoms with E-state index >= 15 is 0 Å². The van der Waals surface area contributed by atoms with E-state index < -0.39 is 0 Å². The molecule has 12 heavy (non-hydrogen) atoms. The summed E-state index contributed by atoms with van der Waals surface area (Å²) in [6, 6.07) is 0.554. The van der Waals surface area contributed by atoms with Crippen LogP contribution < -0.4 is 5.73 Å². The Morgan fingerprint density at radius 3 is 2.00 bits per heavy atom. The van der Waals surface area contributed by atoms with Crippen molar-refractivity contribution in [1.29, 1.82) is 0 Å². The molecule has 0 radical (unpaired) electrons. The topological polar surface area (TPSA) is 26.0 Å². The van der Waals surface area contributed by atoms with Crippen molar-refractivity contribution in [3.63, 3.8) is 0 Å². The lowest BCUT2D eigenvalue weighted by atomic mass is 9.87. The second-order valence-electron chi connectivity index (χ2n) is 4.30. The predicted octanol–water partition coefficient (Wildman–Crippen LogP) is 2.73. The smallest absolute Gasteiger partial charge is 0.00698 e. The normalized spacial score (nSPS) is 36.8. The highest BCUT2D eigenvalue weighted by Crippen LogP contribution is 2.39. The summed E-state index contributed by atoms with van der Waals surface area (Å²) in [6.45, 7) is 0. The number of rotatable bonds is 1. The van der Waals surface area contributed by atoms with E-state index in [1.165, 1.54) is 44.9 Å². The van der Waals surface area contributed by atoms with Crippen molar-refractivity contribution in [1.82, 2.24) is 0 Å². The Bertz CT molecular complexity index is 132. The average Bonchev–Trinajstić information content (AvgIpc) is 2.55. The highest BCUT2D eigenvalue weighted by Gasteiger charge is 2.32. The molecule has 0 aromatic heterocycles. The Kier molecular flexibility index (Phi) is 3.85. The van der Waals surface area contributed by atoms with Crippen molar-refractivity contribution < 1.29 is 0 Å². The van der Waals surface area contributed by atoms with Crippen LogP contribution in [0.4, 0.5) is 0 Å². The third kappa shape index (κ3) is 1.94. The maximum atomic E-state index is 6.06. The van der Waals surface area contributed by atoms with Gasteiger partial charge in [0.25, 0.3) is 0 Å². The van der Waals surface area contributed by atoms with Crippen molar-refractivity contribution in [3.8, 4) is 0 Å². The van der Waals surface area contributed by atoms with Crippen LogP contribution in [0.1, 0.15) is 44.9 Å². The molecule has 2 saturated carbocycles. The summed E-state index contributed by atoms with van der Waals surface area (Å²) in [5.74, 6) is 1.91. The molecule has 2 aliphatic carbocycles. The fraction of sp³-hybridized carbons (Fsp3) is 1.00. The Balaban J connectivity index is 0.000000720. The molecule has 0 aromatic rings. The van der Waals surface area contributed by atoms with E-state index in [-0.39, 0.29) is 12.4 Å². The van der Waals surface area contributed by atoms with Gasteiger partial charge < -0.3 is 5.73 Å². The molecule has 0 aliphatic heterocycles. The van der Waals surface area contributed by atoms with Crippen LogP contribution in [0, 0.1) is 11.8 Å². The molecule has 2 aliphatic rings. The molecule has 0 saturated heterocycles. The number of nitrogens with two attached hydrogens (primary N) is 1. The number of hydrogen-bond donors (Lipinski definition) is 1. The van der Waals surface area contributed by atoms with Crippen LogP contribution in [0.5, 0.6) is 0 Å². The van der Waals surface area contributed by atoms with Gasteiger partial charge in [-0.1, -0.05) is 32.1 Å². The minimum Gasteiger partial charge on any atom is -0.327 e. The molecule has 72 valence electrons. The molecule has 2 atom stereocenters. The van der Waals surface area contributed by atoms with Gasteiger partial charge >= 0.3 is 0 Å². The first-order chi connectivity index (χ1) is 5.38. The van der Waals surface area contributed by atoms with Crippen molar-refractivity contribution in [2.45, 2.75) is 51.0 Å². The molecule has 0 spiro atoms. The quantitative estimate of drug-likeness (QED) is 0.675. The molecule has 2 unspecified atom stereocenters. The second-order valence-corrected chi connectivity index (χ2v) is 4.30. The number of halogens is 1. The van der Waals surface area contributed by atoms with Crippen LogP contribution in [0.3, 0.4) is 0 Å². The Labute approximate surface area is 81.5 Å². The highest BCUT2D eigenvalue weighted by atomic mass is 35.5. The maximum absolute atomic E-state index is 6.06. The minimum atomic E-state index is 0. The third-order valence-corrected chi connectivity index (χ3v) is 3.63. The van der Waals surface area contributed by atoms with E-state index in [0.717, 1.165) is 11.8 Å². The lowest BCUT2D eigenvalue weighted by Crippen LogP contribution is -2.29. The van der Waals surface area contributed by atoms with Gasteiger partial charge in [0.1, 0.15) is 0 Å². The van der Waals surface area contributed by atoms with E-state index in [2.05, 4.69) is 0 Å². The zero-order valence-corrected chi connectivity index (χ0v) is 8.48. The van der Waals surface area contributed by atoms with Crippen LogP contribution in [0.25, 0.3) is 0 Å². The molecule has 1 nitrogen and oxygen atoms in total. The van der Waals surface area contributed by atoms with Gasteiger partial charge in [-0.15, -0.1) is 12.4 Å². The summed E-state index contributed by atoms with van der Waals surface area (Å²) in [4.78, 5) is 0. The van der Waals surface area contributed by atoms with Crippen molar-refractivity contribution in [3.05, 3.63) is 0 Å². The molecule has 2 heteroatoms. The van der Waals surface area contributed by atoms with E-state index in [1.807, 2.05) is 0 Å². The van der Waals surface area contributed by atoms with Crippen LogP contribution in [-0.4, -0.2) is 6.04 Å². The van der Waals surface area contributed by atoms with Gasteiger partial charge in [0.05, 0.1) is 0 Å². The molecule has 2 N–H and O–H groups in total. The predicted molar refractivity (Wildman–Crippen MR) is 54.5 cm³/mol. The van der Waals surface area contributed by atoms with E-state index in [0.29, 0.717) is 6.04 Å². The summed E-state index contributed by atoms with van der Waals surface area (Å²) in [7, 11) is 0. The van der Waals surface area contributed by atoms with Gasteiger partial charge in [0.2, 0.25) is 0 Å². The highest BCUT2D eigenvalue weighted by molar-refractivity contribution is 5.85. The van der Waals surface area contributed by atoms with Crippen molar-refractivity contribution in [2.75, 3.05) is 0 Å². The zero-order chi connectivity index (χ0) is 7.68. The molecule has 2 rings (SSSR count). The van der Waals surface area contributed by atoms with Gasteiger partial charge in [-0.05, 0) is 24.7 Å². The first kappa shape index (κ1) is 10.3. The molecule has 0 bridgehead atoms. The standard InChI is InChI=1S/C10H19N.ClH/c11-10-7-3-6-9(10)8-4-1-2-5-8;/h8-10H,1-7,11H2;1H. The molecule has 0 aromatic carbocycles. The Morgan fingerprint density at radius 2 is 1.50 bits per heavy atom. The van der Waals surface area contributed by atoms with Gasteiger partial charge in [0.15, 0.2) is 0 Å². The van der Waals surface area contributed by atoms with E-state index in [4.69, 9.17) is 5.73 Å². The van der Waals surface area contributed by atoms with Crippen LogP contribution in [-0.2, 0) is 0 Å². The Morgan fingerprint density at radius 1 is 0.833 bits per heavy atom. The van der Waals surface area contributed by atoms with Gasteiger partial charge in [-0.2, -0.15) is 0 Å². The van der Waals surface area contributed by atoms with Crippen LogP contribution >= 0.6 is 12.4 Å². The molecule has 0 amide bonds. The fourth-order valence-electron chi connectivity index (χ4n) is 2.99. The monoisotopic (exact) mass is 189 g/mol. The van der Waals surface area contributed by atoms with Gasteiger partial charge in [0, 0.05) is 6.04 Å². The maximum Gasteiger partial charge on any atom is 0.00698 e. The SMILES string of the molecule is Cl.NC1CCCC1C1CCCC1. The van der Waals surface area contributed by atoms with E-state index in [9.17, 15) is 0 Å². The lowest BCUT2D eigenvalue weighted by molar-refractivity contribution is 0.316. The summed E-state index contributed by atoms with van der Waals surface area (Å²) in [6.07, 6.45) is 9.98. The number of hydrogen-bond acceptors (Lipinski definition) is 1. The average molecular weight is 190 g/mol. The molecular weight excluding hydrogens is 170 g/mol.